The monoisotopic (exact) mass is 283 g/mol. The molecule has 2 rings (SSSR count). The molecule has 2 aromatic carbocycles. The van der Waals surface area contributed by atoms with Crippen LogP contribution in [0.5, 0.6) is 0 Å². The third-order valence-electron chi connectivity index (χ3n) is 3.79. The fourth-order valence-electron chi connectivity index (χ4n) is 2.66. The van der Waals surface area contributed by atoms with Gasteiger partial charge >= 0.3 is 0 Å². The summed E-state index contributed by atoms with van der Waals surface area (Å²) < 4.78 is 0. The summed E-state index contributed by atoms with van der Waals surface area (Å²) in [4.78, 5) is 0. The largest absolute Gasteiger partial charge is 0.395 e. The van der Waals surface area contributed by atoms with Gasteiger partial charge in [0.15, 0.2) is 0 Å². The van der Waals surface area contributed by atoms with Crippen LogP contribution in [0.25, 0.3) is 0 Å². The zero-order valence-corrected chi connectivity index (χ0v) is 12.9. The van der Waals surface area contributed by atoms with Gasteiger partial charge in [-0.2, -0.15) is 0 Å². The number of hydrogen-bond acceptors (Lipinski definition) is 2. The Hall–Kier alpha value is -1.64. The molecule has 0 aliphatic heterocycles. The van der Waals surface area contributed by atoms with Crippen LogP contribution in [-0.2, 0) is 6.42 Å². The van der Waals surface area contributed by atoms with Gasteiger partial charge < -0.3 is 10.4 Å². The lowest BCUT2D eigenvalue weighted by Crippen LogP contribution is -2.39. The van der Waals surface area contributed by atoms with Gasteiger partial charge in [0.05, 0.1) is 6.61 Å². The lowest BCUT2D eigenvalue weighted by atomic mass is 9.94. The Morgan fingerprint density at radius 1 is 0.905 bits per heavy atom. The molecule has 0 spiro atoms. The molecule has 0 bridgehead atoms. The SMILES string of the molecule is CC(C)C(N[C@H](CO)Cc1ccccc1)c1ccccc1. The number of aliphatic hydroxyl groups excluding tert-OH is 1. The molecule has 2 atom stereocenters. The van der Waals surface area contributed by atoms with E-state index in [0.29, 0.717) is 5.92 Å². The van der Waals surface area contributed by atoms with Gasteiger partial charge in [0.1, 0.15) is 0 Å². The van der Waals surface area contributed by atoms with Gasteiger partial charge in [0.2, 0.25) is 0 Å². The molecule has 2 heteroatoms. The fourth-order valence-corrected chi connectivity index (χ4v) is 2.66. The highest BCUT2D eigenvalue weighted by atomic mass is 16.3. The normalized spacial score (nSPS) is 14.1. The molecule has 0 saturated carbocycles. The molecule has 112 valence electrons. The van der Waals surface area contributed by atoms with E-state index in [1.165, 1.54) is 11.1 Å². The average molecular weight is 283 g/mol. The van der Waals surface area contributed by atoms with Gasteiger partial charge in [-0.25, -0.2) is 0 Å². The highest BCUT2D eigenvalue weighted by molar-refractivity contribution is 5.20. The summed E-state index contributed by atoms with van der Waals surface area (Å²) in [5.41, 5.74) is 2.53. The third-order valence-corrected chi connectivity index (χ3v) is 3.79. The molecule has 0 radical (unpaired) electrons. The summed E-state index contributed by atoms with van der Waals surface area (Å²) in [6, 6.07) is 21.1. The first kappa shape index (κ1) is 15.7. The van der Waals surface area contributed by atoms with E-state index < -0.39 is 0 Å². The Morgan fingerprint density at radius 2 is 1.48 bits per heavy atom. The summed E-state index contributed by atoms with van der Waals surface area (Å²) in [5, 5.41) is 13.3. The molecule has 1 unspecified atom stereocenters. The van der Waals surface area contributed by atoms with Crippen LogP contribution in [0.1, 0.15) is 31.0 Å². The van der Waals surface area contributed by atoms with Crippen molar-refractivity contribution in [1.29, 1.82) is 0 Å². The Balaban J connectivity index is 2.07. The second-order valence-corrected chi connectivity index (χ2v) is 5.87. The average Bonchev–Trinajstić information content (AvgIpc) is 2.52. The standard InChI is InChI=1S/C19H25NO/c1-15(2)19(17-11-7-4-8-12-17)20-18(14-21)13-16-9-5-3-6-10-16/h3-12,15,18-21H,13-14H2,1-2H3/t18-,19?/m0/s1. The van der Waals surface area contributed by atoms with Gasteiger partial charge in [-0.1, -0.05) is 74.5 Å². The van der Waals surface area contributed by atoms with E-state index in [1.54, 1.807) is 0 Å². The van der Waals surface area contributed by atoms with E-state index in [9.17, 15) is 5.11 Å². The van der Waals surface area contributed by atoms with E-state index in [2.05, 4.69) is 55.6 Å². The summed E-state index contributed by atoms with van der Waals surface area (Å²) in [5.74, 6) is 0.470. The van der Waals surface area contributed by atoms with Crippen molar-refractivity contribution in [2.75, 3.05) is 6.61 Å². The van der Waals surface area contributed by atoms with E-state index in [4.69, 9.17) is 0 Å². The van der Waals surface area contributed by atoms with Crippen LogP contribution in [0.15, 0.2) is 60.7 Å². The van der Waals surface area contributed by atoms with Crippen LogP contribution < -0.4 is 5.32 Å². The molecular formula is C19H25NO. The number of aliphatic hydroxyl groups is 1. The number of nitrogens with one attached hydrogen (secondary N) is 1. The van der Waals surface area contributed by atoms with Gasteiger partial charge in [-0.15, -0.1) is 0 Å². The molecule has 0 aliphatic rings. The number of hydrogen-bond donors (Lipinski definition) is 2. The van der Waals surface area contributed by atoms with Crippen LogP contribution in [-0.4, -0.2) is 17.8 Å². The molecule has 21 heavy (non-hydrogen) atoms. The van der Waals surface area contributed by atoms with Crippen LogP contribution in [0.4, 0.5) is 0 Å². The van der Waals surface area contributed by atoms with E-state index in [-0.39, 0.29) is 18.7 Å². The lowest BCUT2D eigenvalue weighted by molar-refractivity contribution is 0.219. The Labute approximate surface area is 127 Å². The van der Waals surface area contributed by atoms with Gasteiger partial charge in [0.25, 0.3) is 0 Å². The van der Waals surface area contributed by atoms with Crippen LogP contribution in [0.2, 0.25) is 0 Å². The zero-order chi connectivity index (χ0) is 15.1. The van der Waals surface area contributed by atoms with Crippen LogP contribution in [0.3, 0.4) is 0 Å². The Morgan fingerprint density at radius 3 is 2.00 bits per heavy atom. The maximum absolute atomic E-state index is 9.70. The zero-order valence-electron chi connectivity index (χ0n) is 12.9. The summed E-state index contributed by atoms with van der Waals surface area (Å²) in [7, 11) is 0. The maximum Gasteiger partial charge on any atom is 0.0588 e. The predicted octanol–water partition coefficient (Wildman–Crippen LogP) is 3.58. The van der Waals surface area contributed by atoms with Gasteiger partial charge in [-0.3, -0.25) is 0 Å². The second kappa shape index (κ2) is 7.96. The number of benzene rings is 2. The molecule has 2 N–H and O–H groups in total. The molecular weight excluding hydrogens is 258 g/mol. The second-order valence-electron chi connectivity index (χ2n) is 5.87. The van der Waals surface area contributed by atoms with E-state index >= 15 is 0 Å². The third kappa shape index (κ3) is 4.69. The highest BCUT2D eigenvalue weighted by Crippen LogP contribution is 2.22. The van der Waals surface area contributed by atoms with Crippen molar-refractivity contribution in [2.45, 2.75) is 32.4 Å². The molecule has 0 aliphatic carbocycles. The van der Waals surface area contributed by atoms with Crippen molar-refractivity contribution in [3.63, 3.8) is 0 Å². The quantitative estimate of drug-likeness (QED) is 0.814. The van der Waals surface area contributed by atoms with Crippen molar-refractivity contribution in [3.8, 4) is 0 Å². The van der Waals surface area contributed by atoms with Crippen molar-refractivity contribution in [1.82, 2.24) is 5.32 Å². The molecule has 0 amide bonds. The van der Waals surface area contributed by atoms with Crippen molar-refractivity contribution in [3.05, 3.63) is 71.8 Å². The van der Waals surface area contributed by atoms with Crippen molar-refractivity contribution < 1.29 is 5.11 Å². The number of rotatable bonds is 7. The Bertz CT molecular complexity index is 510. The minimum absolute atomic E-state index is 0.0695. The first-order chi connectivity index (χ1) is 10.2. The maximum atomic E-state index is 9.70. The molecule has 0 saturated heterocycles. The predicted molar refractivity (Wildman–Crippen MR) is 88.2 cm³/mol. The van der Waals surface area contributed by atoms with Crippen molar-refractivity contribution >= 4 is 0 Å². The lowest BCUT2D eigenvalue weighted by Gasteiger charge is -2.28. The van der Waals surface area contributed by atoms with Gasteiger partial charge in [0, 0.05) is 12.1 Å². The van der Waals surface area contributed by atoms with Crippen molar-refractivity contribution in [2.24, 2.45) is 5.92 Å². The topological polar surface area (TPSA) is 32.3 Å². The van der Waals surface area contributed by atoms with E-state index in [1.807, 2.05) is 24.3 Å². The minimum Gasteiger partial charge on any atom is -0.395 e. The highest BCUT2D eigenvalue weighted by Gasteiger charge is 2.19. The van der Waals surface area contributed by atoms with E-state index in [0.717, 1.165) is 6.42 Å². The first-order valence-electron chi connectivity index (χ1n) is 7.66. The molecule has 0 heterocycles. The molecule has 0 aromatic heterocycles. The Kier molecular flexibility index (Phi) is 5.97. The smallest absolute Gasteiger partial charge is 0.0588 e. The molecule has 0 fully saturated rings. The van der Waals surface area contributed by atoms with Crippen LogP contribution >= 0.6 is 0 Å². The summed E-state index contributed by atoms with van der Waals surface area (Å²) >= 11 is 0. The minimum atomic E-state index is 0.0695. The first-order valence-corrected chi connectivity index (χ1v) is 7.66. The molecule has 2 aromatic rings. The van der Waals surface area contributed by atoms with Gasteiger partial charge in [-0.05, 0) is 23.5 Å². The van der Waals surface area contributed by atoms with Crippen LogP contribution in [0, 0.1) is 5.92 Å². The summed E-state index contributed by atoms with van der Waals surface area (Å²) in [6.07, 6.45) is 0.841. The summed E-state index contributed by atoms with van der Waals surface area (Å²) in [6.45, 7) is 4.56. The molecule has 2 nitrogen and oxygen atoms in total. The fraction of sp³-hybridized carbons (Fsp3) is 0.368.